The molecule has 0 bridgehead atoms. The van der Waals surface area contributed by atoms with Gasteiger partial charge in [-0.3, -0.25) is 4.98 Å². The summed E-state index contributed by atoms with van der Waals surface area (Å²) in [5.41, 5.74) is 1.53. The van der Waals surface area contributed by atoms with Crippen molar-refractivity contribution in [3.8, 4) is 0 Å². The highest BCUT2D eigenvalue weighted by Gasteiger charge is 2.65. The zero-order chi connectivity index (χ0) is 21.0. The molecule has 1 atom stereocenters. The van der Waals surface area contributed by atoms with Crippen LogP contribution in [0.1, 0.15) is 48.7 Å². The van der Waals surface area contributed by atoms with Crippen LogP contribution in [0.5, 0.6) is 0 Å². The lowest BCUT2D eigenvalue weighted by molar-refractivity contribution is -0.0876. The van der Waals surface area contributed by atoms with Gasteiger partial charge in [0.25, 0.3) is 0 Å². The van der Waals surface area contributed by atoms with Crippen molar-refractivity contribution in [2.75, 3.05) is 5.32 Å². The van der Waals surface area contributed by atoms with E-state index in [-0.39, 0.29) is 24.3 Å². The number of alkyl halides is 2. The second-order valence-electron chi connectivity index (χ2n) is 7.29. The predicted octanol–water partition coefficient (Wildman–Crippen LogP) is 7.73. The van der Waals surface area contributed by atoms with Crippen molar-refractivity contribution in [3.63, 3.8) is 0 Å². The van der Waals surface area contributed by atoms with Crippen molar-refractivity contribution in [1.82, 2.24) is 4.98 Å². The van der Waals surface area contributed by atoms with E-state index in [9.17, 15) is 28.2 Å². The van der Waals surface area contributed by atoms with E-state index < -0.39 is 27.1 Å². The van der Waals surface area contributed by atoms with Crippen molar-refractivity contribution in [2.24, 2.45) is 0 Å². The number of nitrogens with zero attached hydrogens (tertiary/aromatic N) is 1. The van der Waals surface area contributed by atoms with Gasteiger partial charge in [0.1, 0.15) is 4.90 Å². The summed E-state index contributed by atoms with van der Waals surface area (Å²) in [5.74, 6) is -3.09. The first kappa shape index (κ1) is 20.8. The third kappa shape index (κ3) is 4.71. The molecular weight excluding hydrogens is 409 g/mol. The van der Waals surface area contributed by atoms with Crippen LogP contribution in [-0.2, 0) is 0 Å². The van der Waals surface area contributed by atoms with Gasteiger partial charge in [-0.25, -0.2) is 8.78 Å². The van der Waals surface area contributed by atoms with Crippen LogP contribution in [0.3, 0.4) is 0 Å². The van der Waals surface area contributed by atoms with Gasteiger partial charge in [-0.1, -0.05) is 31.6 Å². The van der Waals surface area contributed by atoms with E-state index >= 15 is 0 Å². The molecule has 1 aliphatic carbocycles. The molecule has 2 aromatic rings. The summed E-state index contributed by atoms with van der Waals surface area (Å²) in [5, 5.41) is 2.94. The summed E-state index contributed by atoms with van der Waals surface area (Å²) in [6.45, 7) is 3.20. The average molecular weight is 428 g/mol. The zero-order valence-corrected chi connectivity index (χ0v) is 15.9. The minimum Gasteiger partial charge on any atom is -0.378 e. The molecule has 0 radical (unpaired) electrons. The highest BCUT2D eigenvalue weighted by atomic mass is 32.5. The highest BCUT2D eigenvalue weighted by molar-refractivity contribution is 8.45. The maximum atomic E-state index is 13.1. The number of pyridine rings is 1. The summed E-state index contributed by atoms with van der Waals surface area (Å²) in [4.78, 5) is 2.30. The number of aryl methyl sites for hydroxylation is 1. The van der Waals surface area contributed by atoms with E-state index in [1.54, 1.807) is 19.1 Å². The van der Waals surface area contributed by atoms with Gasteiger partial charge < -0.3 is 5.32 Å². The molecule has 1 unspecified atom stereocenters. The molecule has 1 aromatic heterocycles. The molecule has 1 saturated carbocycles. The van der Waals surface area contributed by atoms with E-state index in [1.807, 2.05) is 0 Å². The molecule has 1 aliphatic rings. The topological polar surface area (TPSA) is 24.9 Å². The number of rotatable bonds is 5. The van der Waals surface area contributed by atoms with Crippen LogP contribution in [0.25, 0.3) is 0 Å². The number of aromatic nitrogens is 1. The van der Waals surface area contributed by atoms with Crippen molar-refractivity contribution in [1.29, 1.82) is 0 Å². The van der Waals surface area contributed by atoms with E-state index in [4.69, 9.17) is 0 Å². The van der Waals surface area contributed by atoms with Crippen LogP contribution in [0, 0.1) is 6.92 Å². The quantitative estimate of drug-likeness (QED) is 0.493. The van der Waals surface area contributed by atoms with Gasteiger partial charge in [-0.15, -0.1) is 0 Å². The predicted molar refractivity (Wildman–Crippen MR) is 95.8 cm³/mol. The lowest BCUT2D eigenvalue weighted by Crippen LogP contribution is -2.34. The van der Waals surface area contributed by atoms with Gasteiger partial charge in [0.05, 0.1) is 0 Å². The van der Waals surface area contributed by atoms with Gasteiger partial charge >= 0.3 is 10.2 Å². The third-order valence-corrected chi connectivity index (χ3v) is 5.81. The first-order valence-corrected chi connectivity index (χ1v) is 10.4. The molecule has 28 heavy (non-hydrogen) atoms. The molecule has 2 nitrogen and oxygen atoms in total. The lowest BCUT2D eigenvalue weighted by Gasteiger charge is -2.40. The molecule has 0 saturated heterocycles. The van der Waals surface area contributed by atoms with Crippen molar-refractivity contribution in [2.45, 2.75) is 49.5 Å². The summed E-state index contributed by atoms with van der Waals surface area (Å²) in [7, 11) is -9.77. The minimum absolute atomic E-state index is 0.0249. The zero-order valence-electron chi connectivity index (χ0n) is 15.0. The highest BCUT2D eigenvalue weighted by Crippen LogP contribution is 3.02. The first-order chi connectivity index (χ1) is 12.5. The second kappa shape index (κ2) is 5.77. The van der Waals surface area contributed by atoms with Gasteiger partial charge in [-0.05, 0) is 43.7 Å². The van der Waals surface area contributed by atoms with Crippen LogP contribution >= 0.6 is 10.2 Å². The van der Waals surface area contributed by atoms with Crippen LogP contribution in [-0.4, -0.2) is 10.9 Å². The monoisotopic (exact) mass is 428 g/mol. The Hall–Kier alpha value is -1.97. The Morgan fingerprint density at radius 2 is 1.71 bits per heavy atom. The summed E-state index contributed by atoms with van der Waals surface area (Å²) in [6, 6.07) is 5.48. The van der Waals surface area contributed by atoms with Gasteiger partial charge in [0.15, 0.2) is 0 Å². The summed E-state index contributed by atoms with van der Waals surface area (Å²) >= 11 is 0. The van der Waals surface area contributed by atoms with Crippen LogP contribution < -0.4 is 5.32 Å². The largest absolute Gasteiger partial charge is 0.378 e. The van der Waals surface area contributed by atoms with Crippen molar-refractivity contribution < 1.29 is 28.2 Å². The van der Waals surface area contributed by atoms with Gasteiger partial charge in [-0.2, -0.15) is 0 Å². The van der Waals surface area contributed by atoms with Crippen LogP contribution in [0.15, 0.2) is 41.3 Å². The number of nitrogens with one attached hydrogen (secondary N) is 1. The minimum atomic E-state index is -9.77. The summed E-state index contributed by atoms with van der Waals surface area (Å²) < 4.78 is 91.4. The number of hydrogen-bond donors (Lipinski definition) is 1. The number of hydrogen-bond acceptors (Lipinski definition) is 2. The fourth-order valence-electron chi connectivity index (χ4n) is 3.21. The van der Waals surface area contributed by atoms with E-state index in [0.29, 0.717) is 29.2 Å². The molecule has 156 valence electrons. The standard InChI is InChI=1S/C18H19F7N2S/c1-11-6-15(8-17(26-11)14-9-18(19,20)10-14)27-12(2)13-4-3-5-16(7-13)28(21,22,23,24)25/h3-8,12,14H,9-10H2,1-2H3,(H,26,27). The first-order valence-electron chi connectivity index (χ1n) is 8.49. The molecule has 0 aliphatic heterocycles. The Balaban J connectivity index is 1.83. The molecule has 1 N–H and O–H groups in total. The van der Waals surface area contributed by atoms with Gasteiger partial charge in [0.2, 0.25) is 5.92 Å². The van der Waals surface area contributed by atoms with E-state index in [2.05, 4.69) is 10.3 Å². The molecule has 3 rings (SSSR count). The average Bonchev–Trinajstić information content (AvgIpc) is 2.50. The molecule has 0 spiro atoms. The third-order valence-electron chi connectivity index (χ3n) is 4.67. The second-order valence-corrected chi connectivity index (χ2v) is 9.70. The smallest absolute Gasteiger partial charge is 0.310 e. The van der Waals surface area contributed by atoms with E-state index in [0.717, 1.165) is 6.07 Å². The fourth-order valence-corrected chi connectivity index (χ4v) is 3.91. The molecule has 1 heterocycles. The molecule has 1 aromatic carbocycles. The van der Waals surface area contributed by atoms with E-state index in [1.165, 1.54) is 13.0 Å². The number of halogens is 7. The Morgan fingerprint density at radius 3 is 2.29 bits per heavy atom. The molecule has 1 fully saturated rings. The van der Waals surface area contributed by atoms with Crippen molar-refractivity contribution >= 4 is 15.9 Å². The molecular formula is C18H19F7N2S. The fraction of sp³-hybridized carbons (Fsp3) is 0.389. The molecule has 0 amide bonds. The van der Waals surface area contributed by atoms with Crippen molar-refractivity contribution in [3.05, 3.63) is 53.3 Å². The van der Waals surface area contributed by atoms with Crippen LogP contribution in [0.2, 0.25) is 0 Å². The molecule has 10 heteroatoms. The maximum Gasteiger partial charge on any atom is 0.310 e. The summed E-state index contributed by atoms with van der Waals surface area (Å²) in [6.07, 6.45) is -0.602. The Labute approximate surface area is 157 Å². The Bertz CT molecular complexity index is 904. The van der Waals surface area contributed by atoms with Crippen LogP contribution in [0.4, 0.5) is 33.9 Å². The lowest BCUT2D eigenvalue weighted by atomic mass is 9.79. The Morgan fingerprint density at radius 1 is 1.07 bits per heavy atom. The number of benzene rings is 1. The normalized spacial score (nSPS) is 20.6. The number of anilines is 1. The maximum absolute atomic E-state index is 13.1. The SMILES string of the molecule is Cc1cc(NC(C)c2cccc(S(F)(F)(F)(F)F)c2)cc(C2CC(F)(F)C2)n1. The van der Waals surface area contributed by atoms with Gasteiger partial charge in [0, 0.05) is 41.9 Å². The Kier molecular flexibility index (Phi) is 4.28.